The van der Waals surface area contributed by atoms with Gasteiger partial charge in [0.1, 0.15) is 0 Å². The van der Waals surface area contributed by atoms with Crippen LogP contribution in [0.1, 0.15) is 45.4 Å². The van der Waals surface area contributed by atoms with Crippen molar-refractivity contribution in [2.45, 2.75) is 45.4 Å². The van der Waals surface area contributed by atoms with Crippen molar-refractivity contribution in [3.63, 3.8) is 0 Å². The maximum absolute atomic E-state index is 5.09. The number of guanidine groups is 1. The molecule has 0 saturated heterocycles. The summed E-state index contributed by atoms with van der Waals surface area (Å²) in [5.41, 5.74) is 0. The minimum atomic E-state index is 0. The highest BCUT2D eigenvalue weighted by Gasteiger charge is 2.00. The molecule has 0 bridgehead atoms. The molecule has 0 unspecified atom stereocenters. The summed E-state index contributed by atoms with van der Waals surface area (Å²) in [5, 5.41) is 6.75. The molecule has 6 nitrogen and oxygen atoms in total. The number of hydrogen-bond donors (Lipinski definition) is 2. The van der Waals surface area contributed by atoms with Crippen LogP contribution in [0.25, 0.3) is 0 Å². The molecule has 0 aliphatic carbocycles. The van der Waals surface area contributed by atoms with Gasteiger partial charge in [-0.2, -0.15) is 0 Å². The molecule has 0 rings (SSSR count). The van der Waals surface area contributed by atoms with Crippen LogP contribution in [0.4, 0.5) is 0 Å². The van der Waals surface area contributed by atoms with Crippen LogP contribution in [0, 0.1) is 0 Å². The second-order valence-corrected chi connectivity index (χ2v) is 6.91. The smallest absolute Gasteiger partial charge is 0.191 e. The number of nitrogens with zero attached hydrogens (tertiary/aromatic N) is 3. The van der Waals surface area contributed by atoms with Crippen LogP contribution >= 0.6 is 24.0 Å². The van der Waals surface area contributed by atoms with Crippen molar-refractivity contribution in [3.05, 3.63) is 0 Å². The second kappa shape index (κ2) is 21.2. The summed E-state index contributed by atoms with van der Waals surface area (Å²) in [6, 6.07) is 0. The summed E-state index contributed by atoms with van der Waals surface area (Å²) in [6.07, 6.45) is 7.48. The molecule has 0 aromatic rings. The van der Waals surface area contributed by atoms with E-state index >= 15 is 0 Å². The van der Waals surface area contributed by atoms with Crippen molar-refractivity contribution in [1.29, 1.82) is 0 Å². The van der Waals surface area contributed by atoms with Crippen LogP contribution in [-0.2, 0) is 4.74 Å². The average Bonchev–Trinajstić information content (AvgIpc) is 2.57. The zero-order chi connectivity index (χ0) is 18.8. The van der Waals surface area contributed by atoms with Crippen molar-refractivity contribution in [2.24, 2.45) is 4.99 Å². The van der Waals surface area contributed by atoms with E-state index < -0.39 is 0 Å². The maximum atomic E-state index is 5.09. The first-order valence-electron chi connectivity index (χ1n) is 9.94. The Balaban J connectivity index is 0. The molecule has 0 atom stereocenters. The van der Waals surface area contributed by atoms with E-state index in [0.717, 1.165) is 51.7 Å². The number of ether oxygens (including phenoxy) is 1. The quantitative estimate of drug-likeness (QED) is 0.152. The van der Waals surface area contributed by atoms with Crippen molar-refractivity contribution >= 4 is 29.9 Å². The number of hydrogen-bond acceptors (Lipinski definition) is 4. The lowest BCUT2D eigenvalue weighted by Crippen LogP contribution is -2.41. The minimum absolute atomic E-state index is 0. The number of halogens is 1. The molecule has 0 aromatic heterocycles. The molecule has 0 saturated carbocycles. The normalized spacial score (nSPS) is 11.7. The molecule has 0 fully saturated rings. The van der Waals surface area contributed by atoms with Gasteiger partial charge in [0.25, 0.3) is 0 Å². The minimum Gasteiger partial charge on any atom is -0.385 e. The van der Waals surface area contributed by atoms with Crippen LogP contribution in [0.3, 0.4) is 0 Å². The molecule has 0 aromatic carbocycles. The zero-order valence-corrected chi connectivity index (χ0v) is 20.2. The Kier molecular flexibility index (Phi) is 22.9. The molecular formula is C19H44IN5O. The Morgan fingerprint density at radius 1 is 0.885 bits per heavy atom. The van der Waals surface area contributed by atoms with Gasteiger partial charge in [-0.1, -0.05) is 19.3 Å². The topological polar surface area (TPSA) is 52.1 Å². The summed E-state index contributed by atoms with van der Waals surface area (Å²) in [6.45, 7) is 8.95. The fourth-order valence-electron chi connectivity index (χ4n) is 2.56. The Morgan fingerprint density at radius 2 is 1.58 bits per heavy atom. The van der Waals surface area contributed by atoms with Gasteiger partial charge in [-0.05, 0) is 53.9 Å². The van der Waals surface area contributed by atoms with E-state index in [1.807, 2.05) is 0 Å². The molecule has 26 heavy (non-hydrogen) atoms. The van der Waals surface area contributed by atoms with E-state index in [1.165, 1.54) is 38.6 Å². The lowest BCUT2D eigenvalue weighted by atomic mass is 10.1. The SMILES string of the molecule is CCNC(=NCCCCCCCN(C)C)NCCN(C)CCCOC.I. The van der Waals surface area contributed by atoms with Crippen LogP contribution in [0.2, 0.25) is 0 Å². The summed E-state index contributed by atoms with van der Waals surface area (Å²) >= 11 is 0. The predicted molar refractivity (Wildman–Crippen MR) is 125 cm³/mol. The van der Waals surface area contributed by atoms with Crippen molar-refractivity contribution < 1.29 is 4.74 Å². The number of rotatable bonds is 16. The third-order valence-corrected chi connectivity index (χ3v) is 4.05. The fraction of sp³-hybridized carbons (Fsp3) is 0.947. The lowest BCUT2D eigenvalue weighted by molar-refractivity contribution is 0.180. The first-order chi connectivity index (χ1) is 12.1. The summed E-state index contributed by atoms with van der Waals surface area (Å²) in [7, 11) is 8.19. The van der Waals surface area contributed by atoms with Gasteiger partial charge in [0, 0.05) is 46.4 Å². The molecule has 0 radical (unpaired) electrons. The van der Waals surface area contributed by atoms with E-state index in [0.29, 0.717) is 0 Å². The van der Waals surface area contributed by atoms with Crippen molar-refractivity contribution in [1.82, 2.24) is 20.4 Å². The molecular weight excluding hydrogens is 441 g/mol. The molecule has 0 amide bonds. The molecule has 158 valence electrons. The van der Waals surface area contributed by atoms with E-state index in [4.69, 9.17) is 4.74 Å². The largest absolute Gasteiger partial charge is 0.385 e. The number of nitrogens with one attached hydrogen (secondary N) is 2. The lowest BCUT2D eigenvalue weighted by Gasteiger charge is -2.18. The molecule has 2 N–H and O–H groups in total. The van der Waals surface area contributed by atoms with E-state index in [-0.39, 0.29) is 24.0 Å². The van der Waals surface area contributed by atoms with Gasteiger partial charge in [-0.3, -0.25) is 4.99 Å². The van der Waals surface area contributed by atoms with Gasteiger partial charge >= 0.3 is 0 Å². The first-order valence-corrected chi connectivity index (χ1v) is 9.94. The van der Waals surface area contributed by atoms with Gasteiger partial charge in [0.05, 0.1) is 0 Å². The molecule has 0 aliphatic heterocycles. The van der Waals surface area contributed by atoms with Crippen molar-refractivity contribution in [3.8, 4) is 0 Å². The van der Waals surface area contributed by atoms with Crippen LogP contribution < -0.4 is 10.6 Å². The third-order valence-electron chi connectivity index (χ3n) is 4.05. The number of likely N-dealkylation sites (N-methyl/N-ethyl adjacent to an activating group) is 1. The summed E-state index contributed by atoms with van der Waals surface area (Å²) in [5.74, 6) is 0.945. The Hall–Kier alpha value is -0.120. The summed E-state index contributed by atoms with van der Waals surface area (Å²) < 4.78 is 5.09. The predicted octanol–water partition coefficient (Wildman–Crippen LogP) is 2.64. The van der Waals surface area contributed by atoms with E-state index in [1.54, 1.807) is 7.11 Å². The van der Waals surface area contributed by atoms with Gasteiger partial charge in [-0.15, -0.1) is 24.0 Å². The van der Waals surface area contributed by atoms with E-state index in [2.05, 4.69) is 53.5 Å². The Morgan fingerprint density at radius 3 is 2.23 bits per heavy atom. The van der Waals surface area contributed by atoms with Crippen molar-refractivity contribution in [2.75, 3.05) is 74.1 Å². The maximum Gasteiger partial charge on any atom is 0.191 e. The third kappa shape index (κ3) is 20.2. The Labute approximate surface area is 179 Å². The molecule has 0 heterocycles. The Bertz CT molecular complexity index is 316. The molecule has 0 spiro atoms. The van der Waals surface area contributed by atoms with Gasteiger partial charge in [0.15, 0.2) is 5.96 Å². The fourth-order valence-corrected chi connectivity index (χ4v) is 2.56. The monoisotopic (exact) mass is 485 g/mol. The van der Waals surface area contributed by atoms with Crippen LogP contribution in [0.15, 0.2) is 4.99 Å². The molecule has 0 aliphatic rings. The molecule has 7 heteroatoms. The zero-order valence-electron chi connectivity index (χ0n) is 17.9. The van der Waals surface area contributed by atoms with E-state index in [9.17, 15) is 0 Å². The number of aliphatic imine (C=N–C) groups is 1. The highest BCUT2D eigenvalue weighted by Crippen LogP contribution is 2.03. The average molecular weight is 485 g/mol. The number of methoxy groups -OCH3 is 1. The first kappa shape index (κ1) is 28.1. The van der Waals surface area contributed by atoms with Gasteiger partial charge < -0.3 is 25.2 Å². The summed E-state index contributed by atoms with van der Waals surface area (Å²) in [4.78, 5) is 9.26. The van der Waals surface area contributed by atoms with Gasteiger partial charge in [0.2, 0.25) is 0 Å². The number of unbranched alkanes of at least 4 members (excludes halogenated alkanes) is 4. The van der Waals surface area contributed by atoms with Gasteiger partial charge in [-0.25, -0.2) is 0 Å². The van der Waals surface area contributed by atoms with Crippen LogP contribution in [-0.4, -0.2) is 89.9 Å². The highest BCUT2D eigenvalue weighted by atomic mass is 127. The standard InChI is InChI=1S/C19H43N5O.HI/c1-6-20-19(22-14-17-24(4)16-12-18-25-5)21-13-10-8-7-9-11-15-23(2)3;/h6-18H2,1-5H3,(H2,20,21,22);1H. The van der Waals surface area contributed by atoms with Crippen LogP contribution in [0.5, 0.6) is 0 Å². The highest BCUT2D eigenvalue weighted by molar-refractivity contribution is 14.0. The second-order valence-electron chi connectivity index (χ2n) is 6.91.